The second kappa shape index (κ2) is 52.8. The number of ketones is 1. The number of carbonyl (C=O) groups excluding carboxylic acids is 11. The third-order valence-corrected chi connectivity index (χ3v) is 25.3. The van der Waals surface area contributed by atoms with Crippen molar-refractivity contribution >= 4 is 108 Å². The number of hydrogen-bond donors (Lipinski definition) is 5. The zero-order valence-corrected chi connectivity index (χ0v) is 91.0. The topological polar surface area (TPSA) is 465 Å². The van der Waals surface area contributed by atoms with E-state index in [1.807, 2.05) is 77.7 Å². The lowest BCUT2D eigenvalue weighted by molar-refractivity contribution is -0.438. The first-order valence-corrected chi connectivity index (χ1v) is 52.8. The van der Waals surface area contributed by atoms with Crippen LogP contribution in [0.2, 0.25) is 0 Å². The molecule has 5 N–H and O–H groups in total. The van der Waals surface area contributed by atoms with Gasteiger partial charge in [-0.2, -0.15) is 21.4 Å². The van der Waals surface area contributed by atoms with Gasteiger partial charge < -0.3 is 54.0 Å². The first kappa shape index (κ1) is 122. The Labute approximate surface area is 847 Å². The number of benzene rings is 3. The number of ether oxygens (including phenoxy) is 7. The number of unbranched alkanes of at least 4 members (excludes halogenated alkanes) is 5. The molecule has 0 saturated carbocycles. The monoisotopic (exact) mass is 2040 g/mol. The van der Waals surface area contributed by atoms with Crippen LogP contribution >= 0.6 is 0 Å². The summed E-state index contributed by atoms with van der Waals surface area (Å²) >= 11 is 0. The molecule has 38 heteroatoms. The van der Waals surface area contributed by atoms with E-state index >= 15 is 0 Å². The Morgan fingerprint density at radius 3 is 1.50 bits per heavy atom. The average Bonchev–Trinajstić information content (AvgIpc) is 1.58. The zero-order valence-electron chi connectivity index (χ0n) is 89.4. The lowest BCUT2D eigenvalue weighted by Crippen LogP contribution is -2.54. The van der Waals surface area contributed by atoms with Crippen LogP contribution in [0.4, 0.5) is 17.1 Å². The van der Waals surface area contributed by atoms with Crippen molar-refractivity contribution in [3.8, 4) is 0 Å². The standard InChI is InChI=1S/C105H162N12O24S2/c1-97(2,3)135-89(121)51-44-74(96(128)141-103(19,20)21)64-77(118)63-73(95(127)140-102(16,17)18)36-30-31-52-107-87(119)40-28-26-32-54-116-83-49-47-78(142(129,130)131)65-80(83)104(22,23)85(116)38-34-39-86-105(24,25)81-66-79(143(132,133)134)48-50-84(81)117(86)55-33-27-29-41-88(120)110-82(37-35-53-108-111-106)94(126)109-75-45-42-72(43-46-75)62-76-67-114(70-92(124)138-100(10,11)12)59-58-112(68-90(122)136-98(4,5)6)56-57-113(69-91(123)137-99(7,8)9)60-61-115(76)71-93(125)139-101(13,14)15/h34,38-39,42-43,45-50,65-66,73-74,76,82H,26-33,35-37,40-41,44,51-64,67-71H2,1-25H3,(H4-,107,109,110,119,120,126,129,130,131,132,133,134)/p+1/t73-,74+,76?,82-/m0/s1. The lowest BCUT2D eigenvalue weighted by atomic mass is 9.81. The number of amides is 3. The summed E-state index contributed by atoms with van der Waals surface area (Å²) in [5.41, 5.74) is 7.14. The van der Waals surface area contributed by atoms with Crippen molar-refractivity contribution in [3.05, 3.63) is 112 Å². The fraction of sp³-hybridized carbons (Fsp3) is 0.676. The van der Waals surface area contributed by atoms with Gasteiger partial charge in [0, 0.05) is 155 Å². The molecule has 0 spiro atoms. The maximum atomic E-state index is 14.5. The van der Waals surface area contributed by atoms with Crippen molar-refractivity contribution in [2.75, 3.05) is 108 Å². The third kappa shape index (κ3) is 44.0. The number of esters is 7. The van der Waals surface area contributed by atoms with E-state index < -0.39 is 148 Å². The molecule has 6 rings (SSSR count). The predicted octanol–water partition coefficient (Wildman–Crippen LogP) is 15.3. The van der Waals surface area contributed by atoms with Crippen LogP contribution in [0.5, 0.6) is 0 Å². The number of fused-ring (bicyclic) bond motifs is 2. The van der Waals surface area contributed by atoms with Crippen LogP contribution in [-0.4, -0.2) is 271 Å². The molecular weight excluding hydrogens is 1880 g/mol. The number of nitrogens with zero attached hydrogens (tertiary/aromatic N) is 9. The molecule has 3 aromatic rings. The van der Waals surface area contributed by atoms with E-state index in [9.17, 15) is 84.2 Å². The minimum atomic E-state index is -4.65. The van der Waals surface area contributed by atoms with Crippen molar-refractivity contribution in [2.24, 2.45) is 17.0 Å². The lowest BCUT2D eigenvalue weighted by Gasteiger charge is -2.39. The molecule has 1 saturated heterocycles. The Balaban J connectivity index is 1.17. The minimum Gasteiger partial charge on any atom is -0.460 e. The maximum Gasteiger partial charge on any atom is 0.320 e. The SMILES string of the molecule is CC(C)(C)OC(=O)CC[C@H](CC(=O)C[C@H](CCCCNC(=O)CCCCCN1C(=CC=CC2=[N+](CCCCCC(=O)N[C@@H](CCCN=[N+]=[N-])C(=O)Nc3ccc(CC4CN(CC(=O)OC(C)(C)C)CCN(CC(=O)OC(C)(C)C)CCN(CC(=O)OC(C)(C)C)CCN4CC(=O)OC(C)(C)C)cc3)c3ccc(S(=O)(=O)O)cc3C2(C)C)C(C)(C)c2cc(S(=O)(=O)O)ccc21)C(=O)OC(C)(C)C)C(=O)OC(C)(C)C. The van der Waals surface area contributed by atoms with E-state index in [-0.39, 0.29) is 138 Å². The molecule has 0 bridgehead atoms. The van der Waals surface area contributed by atoms with Gasteiger partial charge in [-0.15, -0.1) is 0 Å². The van der Waals surface area contributed by atoms with Gasteiger partial charge in [0.25, 0.3) is 20.2 Å². The average molecular weight is 2040 g/mol. The first-order chi connectivity index (χ1) is 66.0. The molecule has 0 aliphatic carbocycles. The molecule has 143 heavy (non-hydrogen) atoms. The predicted molar refractivity (Wildman–Crippen MR) is 547 cm³/mol. The summed E-state index contributed by atoms with van der Waals surface area (Å²) in [7, 11) is -9.27. The Kier molecular flexibility index (Phi) is 44.9. The summed E-state index contributed by atoms with van der Waals surface area (Å²) < 4.78 is 114. The number of nitrogens with one attached hydrogen (secondary N) is 3. The Bertz CT molecular complexity index is 5290. The number of rotatable bonds is 47. The largest absolute Gasteiger partial charge is 0.460 e. The van der Waals surface area contributed by atoms with E-state index in [2.05, 4.69) is 35.5 Å². The van der Waals surface area contributed by atoms with Crippen LogP contribution in [0.25, 0.3) is 10.4 Å². The quantitative estimate of drug-likeness (QED) is 0.00512. The number of Topliss-reactive ketones (excluding diaryl/α,β-unsaturated/α-hetero) is 1. The van der Waals surface area contributed by atoms with Gasteiger partial charge in [-0.25, -0.2) is 0 Å². The van der Waals surface area contributed by atoms with Crippen LogP contribution in [0.3, 0.4) is 0 Å². The highest BCUT2D eigenvalue weighted by Gasteiger charge is 2.47. The molecule has 1 fully saturated rings. The smallest absolute Gasteiger partial charge is 0.320 e. The van der Waals surface area contributed by atoms with Crippen molar-refractivity contribution in [1.29, 1.82) is 0 Å². The fourth-order valence-electron chi connectivity index (χ4n) is 17.3. The van der Waals surface area contributed by atoms with Crippen LogP contribution in [0.15, 0.2) is 99.5 Å². The highest BCUT2D eigenvalue weighted by molar-refractivity contribution is 7.86. The van der Waals surface area contributed by atoms with E-state index in [4.69, 9.17) is 33.2 Å². The fourth-order valence-corrected chi connectivity index (χ4v) is 18.3. The molecule has 0 radical (unpaired) electrons. The van der Waals surface area contributed by atoms with Crippen LogP contribution < -0.4 is 20.9 Å². The Morgan fingerprint density at radius 1 is 0.510 bits per heavy atom. The van der Waals surface area contributed by atoms with Gasteiger partial charge in [0.15, 0.2) is 5.71 Å². The van der Waals surface area contributed by atoms with Crippen molar-refractivity contribution in [2.45, 2.75) is 361 Å². The summed E-state index contributed by atoms with van der Waals surface area (Å²) in [6.45, 7) is 47.2. The maximum absolute atomic E-state index is 14.5. The molecule has 36 nitrogen and oxygen atoms in total. The van der Waals surface area contributed by atoms with Gasteiger partial charge in [-0.1, -0.05) is 50.0 Å². The molecule has 0 aromatic heterocycles. The van der Waals surface area contributed by atoms with Crippen molar-refractivity contribution < 1.29 is 116 Å². The number of hydrogen-bond acceptors (Lipinski definition) is 28. The van der Waals surface area contributed by atoms with Crippen molar-refractivity contribution in [3.63, 3.8) is 0 Å². The molecule has 3 aromatic carbocycles. The molecule has 3 aliphatic heterocycles. The molecule has 3 aliphatic rings. The van der Waals surface area contributed by atoms with Gasteiger partial charge in [0.2, 0.25) is 23.4 Å². The molecule has 3 amide bonds. The van der Waals surface area contributed by atoms with Gasteiger partial charge in [-0.3, -0.25) is 81.4 Å². The highest BCUT2D eigenvalue weighted by atomic mass is 32.2. The van der Waals surface area contributed by atoms with Crippen LogP contribution in [0.1, 0.15) is 299 Å². The van der Waals surface area contributed by atoms with E-state index in [1.54, 1.807) is 170 Å². The van der Waals surface area contributed by atoms with Crippen LogP contribution in [-0.2, 0) is 123 Å². The summed E-state index contributed by atoms with van der Waals surface area (Å²) in [5.74, 6) is -6.92. The number of anilines is 2. The molecular formula is C105H163N12O24S2+. The van der Waals surface area contributed by atoms with Crippen LogP contribution in [0, 0.1) is 11.8 Å². The summed E-state index contributed by atoms with van der Waals surface area (Å²) in [4.78, 5) is 163. The van der Waals surface area contributed by atoms with Gasteiger partial charge in [0.05, 0.1) is 53.2 Å². The molecule has 3 heterocycles. The van der Waals surface area contributed by atoms with Crippen molar-refractivity contribution in [1.82, 2.24) is 30.2 Å². The van der Waals surface area contributed by atoms with E-state index in [0.29, 0.717) is 125 Å². The molecule has 798 valence electrons. The zero-order chi connectivity index (χ0) is 107. The second-order valence-corrected chi connectivity index (χ2v) is 48.4. The van der Waals surface area contributed by atoms with Gasteiger partial charge in [0.1, 0.15) is 57.6 Å². The summed E-state index contributed by atoms with van der Waals surface area (Å²) in [6.07, 6.45) is 10.4. The van der Waals surface area contributed by atoms with Gasteiger partial charge >= 0.3 is 41.8 Å². The highest BCUT2D eigenvalue weighted by Crippen LogP contribution is 2.49. The number of azide groups is 1. The second-order valence-electron chi connectivity index (χ2n) is 45.5. The third-order valence-electron chi connectivity index (χ3n) is 23.6. The van der Waals surface area contributed by atoms with E-state index in [0.717, 1.165) is 17.0 Å². The van der Waals surface area contributed by atoms with E-state index in [1.165, 1.54) is 24.3 Å². The first-order valence-electron chi connectivity index (χ1n) is 50.0. The summed E-state index contributed by atoms with van der Waals surface area (Å²) in [5, 5.41) is 12.5. The number of allylic oxidation sites excluding steroid dienone is 4. The normalized spacial score (nSPS) is 17.1. The molecule has 1 unspecified atom stereocenters. The Hall–Kier alpha value is -10.1. The minimum absolute atomic E-state index is 0.00558. The summed E-state index contributed by atoms with van der Waals surface area (Å²) in [6, 6.07) is 14.4. The van der Waals surface area contributed by atoms with Gasteiger partial charge in [-0.05, 0) is 289 Å². The number of carbonyl (C=O) groups is 11. The Morgan fingerprint density at radius 2 is 0.979 bits per heavy atom. The molecule has 4 atom stereocenters.